The Balaban J connectivity index is 1.23. The van der Waals surface area contributed by atoms with Crippen molar-refractivity contribution in [1.29, 1.82) is 0 Å². The lowest BCUT2D eigenvalue weighted by molar-refractivity contribution is -0.138. The molecular weight excluding hydrogens is 558 g/mol. The number of nitrogens with one attached hydrogen (secondary N) is 3. The third-order valence-corrected chi connectivity index (χ3v) is 7.01. The van der Waals surface area contributed by atoms with Crippen LogP contribution in [-0.4, -0.2) is 71.2 Å². The summed E-state index contributed by atoms with van der Waals surface area (Å²) < 4.78 is 67.8. The summed E-state index contributed by atoms with van der Waals surface area (Å²) in [6.07, 6.45) is -3.35. The minimum absolute atomic E-state index is 0.0175. The Morgan fingerprint density at radius 2 is 1.76 bits per heavy atom. The van der Waals surface area contributed by atoms with Crippen LogP contribution in [0.3, 0.4) is 0 Å². The first kappa shape index (κ1) is 29.3. The third kappa shape index (κ3) is 6.99. The number of anilines is 3. The number of amides is 2. The zero-order valence-corrected chi connectivity index (χ0v) is 23.1. The number of urea groups is 1. The summed E-state index contributed by atoms with van der Waals surface area (Å²) in [5.41, 5.74) is -0.660. The van der Waals surface area contributed by atoms with Gasteiger partial charge in [-0.25, -0.2) is 14.2 Å². The lowest BCUT2D eigenvalue weighted by atomic mass is 10.0. The van der Waals surface area contributed by atoms with Gasteiger partial charge in [0.1, 0.15) is 12.9 Å². The smallest absolute Gasteiger partial charge is 0.416 e. The molecule has 2 aromatic carbocycles. The number of carbonyl (C=O) groups excluding carboxylic acids is 1. The molecule has 0 saturated carbocycles. The lowest BCUT2D eigenvalue weighted by Crippen LogP contribution is -2.45. The predicted molar refractivity (Wildman–Crippen MR) is 149 cm³/mol. The first-order chi connectivity index (χ1) is 20.1. The topological polar surface area (TPSA) is 104 Å². The summed E-state index contributed by atoms with van der Waals surface area (Å²) in [6.45, 7) is 8.35. The van der Waals surface area contributed by atoms with Crippen molar-refractivity contribution in [2.75, 3.05) is 55.3 Å². The molecule has 0 unspecified atom stereocenters. The molecule has 3 heterocycles. The molecule has 42 heavy (non-hydrogen) atoms. The molecule has 10 nitrogen and oxygen atoms in total. The fourth-order valence-corrected chi connectivity index (χ4v) is 4.77. The molecule has 3 N–H and O–H groups in total. The van der Waals surface area contributed by atoms with Gasteiger partial charge >= 0.3 is 12.2 Å². The first-order valence-corrected chi connectivity index (χ1v) is 13.5. The van der Waals surface area contributed by atoms with E-state index in [1.165, 1.54) is 30.6 Å². The Morgan fingerprint density at radius 1 is 1.07 bits per heavy atom. The number of carbonyl (C=O) groups is 1. The van der Waals surface area contributed by atoms with Gasteiger partial charge in [0, 0.05) is 50.2 Å². The average Bonchev–Trinajstić information content (AvgIpc) is 2.95. The molecule has 1 atom stereocenters. The van der Waals surface area contributed by atoms with Gasteiger partial charge in [-0.05, 0) is 43.3 Å². The minimum atomic E-state index is -4.60. The Hall–Kier alpha value is -4.17. The molecule has 0 radical (unpaired) electrons. The van der Waals surface area contributed by atoms with E-state index in [1.54, 1.807) is 0 Å². The Morgan fingerprint density at radius 3 is 2.45 bits per heavy atom. The molecule has 224 valence electrons. The molecule has 1 aromatic heterocycles. The van der Waals surface area contributed by atoms with E-state index < -0.39 is 23.6 Å². The minimum Gasteiger partial charge on any atom is -0.483 e. The van der Waals surface area contributed by atoms with Crippen LogP contribution in [0.4, 0.5) is 39.5 Å². The molecule has 1 fully saturated rings. The molecule has 5 rings (SSSR count). The van der Waals surface area contributed by atoms with Crippen molar-refractivity contribution < 1.29 is 31.8 Å². The molecule has 2 amide bonds. The molecule has 3 aromatic rings. The Labute approximate surface area is 240 Å². The summed E-state index contributed by atoms with van der Waals surface area (Å²) in [5, 5.41) is 7.94. The zero-order chi connectivity index (χ0) is 29.9. The van der Waals surface area contributed by atoms with Crippen LogP contribution >= 0.6 is 0 Å². The number of ether oxygens (including phenoxy) is 2. The molecule has 2 aliphatic heterocycles. The van der Waals surface area contributed by atoms with Gasteiger partial charge in [-0.1, -0.05) is 13.0 Å². The van der Waals surface area contributed by atoms with Crippen LogP contribution < -0.4 is 25.4 Å². The number of alkyl halides is 3. The molecule has 2 aliphatic rings. The van der Waals surface area contributed by atoms with Crippen LogP contribution in [0.1, 0.15) is 25.0 Å². The number of aromatic nitrogens is 2. The highest BCUT2D eigenvalue weighted by Crippen LogP contribution is 2.38. The number of halogens is 4. The monoisotopic (exact) mass is 589 g/mol. The van der Waals surface area contributed by atoms with Gasteiger partial charge in [0.2, 0.25) is 5.75 Å². The number of rotatable bonds is 7. The standard InChI is InChI=1S/C28H31F4N7O3/c1-3-38-8-10-39(11-9-38)14-18-4-5-19(12-21(18)28(30,31)32)36-27(40)37-20-6-7-23(22(29)13-20)42-26-24-25(33-16-34-26)35-17(2)15-41-24/h4-7,12-13,16-17H,3,8-11,14-15H2,1-2H3,(H,33,34,35)(H2,36,37,40)/t17-/m1/s1. The fraction of sp³-hybridized carbons (Fsp3) is 0.393. The molecule has 1 saturated heterocycles. The highest BCUT2D eigenvalue weighted by atomic mass is 19.4. The first-order valence-electron chi connectivity index (χ1n) is 13.5. The van der Waals surface area contributed by atoms with Gasteiger partial charge in [0.15, 0.2) is 17.4 Å². The fourth-order valence-electron chi connectivity index (χ4n) is 4.77. The van der Waals surface area contributed by atoms with Crippen molar-refractivity contribution in [1.82, 2.24) is 19.8 Å². The van der Waals surface area contributed by atoms with E-state index in [2.05, 4.69) is 37.7 Å². The van der Waals surface area contributed by atoms with Crippen LogP contribution in [0, 0.1) is 5.82 Å². The summed E-state index contributed by atoms with van der Waals surface area (Å²) in [4.78, 5) is 24.9. The molecule has 0 aliphatic carbocycles. The second-order valence-electron chi connectivity index (χ2n) is 10.1. The summed E-state index contributed by atoms with van der Waals surface area (Å²) in [5.74, 6) is -0.291. The Kier molecular flexibility index (Phi) is 8.64. The van der Waals surface area contributed by atoms with E-state index in [-0.39, 0.29) is 46.9 Å². The van der Waals surface area contributed by atoms with E-state index in [0.29, 0.717) is 25.5 Å². The van der Waals surface area contributed by atoms with Gasteiger partial charge in [-0.3, -0.25) is 4.90 Å². The van der Waals surface area contributed by atoms with Gasteiger partial charge in [0.25, 0.3) is 5.88 Å². The number of piperazine rings is 1. The molecule has 0 bridgehead atoms. The van der Waals surface area contributed by atoms with Gasteiger partial charge < -0.3 is 30.3 Å². The number of likely N-dealkylation sites (N-methyl/N-ethyl adjacent to an activating group) is 1. The number of nitrogens with zero attached hydrogens (tertiary/aromatic N) is 4. The maximum Gasteiger partial charge on any atom is 0.416 e. The van der Waals surface area contributed by atoms with Crippen molar-refractivity contribution in [2.24, 2.45) is 0 Å². The van der Waals surface area contributed by atoms with E-state index in [4.69, 9.17) is 9.47 Å². The van der Waals surface area contributed by atoms with Crippen molar-refractivity contribution in [3.8, 4) is 17.4 Å². The maximum atomic E-state index is 14.8. The second-order valence-corrected chi connectivity index (χ2v) is 10.1. The summed E-state index contributed by atoms with van der Waals surface area (Å²) >= 11 is 0. The molecular formula is C28H31F4N7O3. The molecule has 0 spiro atoms. The van der Waals surface area contributed by atoms with E-state index in [1.807, 2.05) is 11.8 Å². The third-order valence-electron chi connectivity index (χ3n) is 7.01. The summed E-state index contributed by atoms with van der Waals surface area (Å²) in [6, 6.07) is 6.59. The normalized spacial score (nSPS) is 17.5. The van der Waals surface area contributed by atoms with Crippen molar-refractivity contribution in [3.05, 3.63) is 59.7 Å². The number of hydrogen-bond donors (Lipinski definition) is 3. The van der Waals surface area contributed by atoms with Crippen LogP contribution in [0.5, 0.6) is 17.4 Å². The van der Waals surface area contributed by atoms with E-state index >= 15 is 0 Å². The van der Waals surface area contributed by atoms with Crippen molar-refractivity contribution >= 4 is 23.2 Å². The van der Waals surface area contributed by atoms with Crippen LogP contribution in [0.2, 0.25) is 0 Å². The number of hydrogen-bond acceptors (Lipinski definition) is 8. The predicted octanol–water partition coefficient (Wildman–Crippen LogP) is 5.40. The van der Waals surface area contributed by atoms with Crippen LogP contribution in [0.25, 0.3) is 0 Å². The van der Waals surface area contributed by atoms with Gasteiger partial charge in [-0.15, -0.1) is 0 Å². The molecule has 14 heteroatoms. The van der Waals surface area contributed by atoms with E-state index in [0.717, 1.165) is 31.8 Å². The SMILES string of the molecule is CCN1CCN(Cc2ccc(NC(=O)Nc3ccc(Oc4ncnc5c4OC[C@@H](C)N5)c(F)c3)cc2C(F)(F)F)CC1. The highest BCUT2D eigenvalue weighted by molar-refractivity contribution is 5.99. The van der Waals surface area contributed by atoms with Gasteiger partial charge in [0.05, 0.1) is 11.6 Å². The Bertz CT molecular complexity index is 1430. The quantitative estimate of drug-likeness (QED) is 0.315. The largest absolute Gasteiger partial charge is 0.483 e. The highest BCUT2D eigenvalue weighted by Gasteiger charge is 2.34. The maximum absolute atomic E-state index is 14.8. The average molecular weight is 590 g/mol. The lowest BCUT2D eigenvalue weighted by Gasteiger charge is -2.34. The van der Waals surface area contributed by atoms with Crippen molar-refractivity contribution in [2.45, 2.75) is 32.6 Å². The number of benzene rings is 2. The van der Waals surface area contributed by atoms with E-state index in [9.17, 15) is 22.4 Å². The zero-order valence-electron chi connectivity index (χ0n) is 23.1. The van der Waals surface area contributed by atoms with Gasteiger partial charge in [-0.2, -0.15) is 18.2 Å². The number of fused-ring (bicyclic) bond motifs is 1. The van der Waals surface area contributed by atoms with Crippen molar-refractivity contribution in [3.63, 3.8) is 0 Å². The second kappa shape index (κ2) is 12.4. The van der Waals surface area contributed by atoms with Crippen LogP contribution in [0.15, 0.2) is 42.7 Å². The van der Waals surface area contributed by atoms with Crippen LogP contribution in [-0.2, 0) is 12.7 Å². The summed E-state index contributed by atoms with van der Waals surface area (Å²) in [7, 11) is 0.